The van der Waals surface area contributed by atoms with Gasteiger partial charge < -0.3 is 4.79 Å². The normalized spacial score (nSPS) is 8.10. The van der Waals surface area contributed by atoms with Crippen LogP contribution in [0.25, 0.3) is 0 Å². The first-order valence-electron chi connectivity index (χ1n) is 2.78. The molecule has 2 heteroatoms. The maximum absolute atomic E-state index is 10.6. The van der Waals surface area contributed by atoms with Gasteiger partial charge in [0, 0.05) is 0 Å². The predicted molar refractivity (Wildman–Crippen MR) is 35.3 cm³/mol. The molecule has 0 N–H and O–H groups in total. The second-order valence-electron chi connectivity index (χ2n) is 1.83. The molecule has 0 radical (unpaired) electrons. The van der Waals surface area contributed by atoms with Gasteiger partial charge in [-0.3, -0.25) is 0 Å². The number of ketones is 1. The van der Waals surface area contributed by atoms with Crippen molar-refractivity contribution in [2.75, 3.05) is 0 Å². The minimum Gasteiger partial charge on any atom is -0.352 e. The van der Waals surface area contributed by atoms with E-state index in [1.807, 2.05) is 12.1 Å². The van der Waals surface area contributed by atoms with E-state index in [2.05, 4.69) is 6.07 Å². The SMILES string of the molecule is CC(=O)c1[c-]cccc1.[Rb+]. The molecule has 0 spiro atoms. The number of rotatable bonds is 1. The molecule has 1 nitrogen and oxygen atoms in total. The molecule has 0 saturated carbocycles. The summed E-state index contributed by atoms with van der Waals surface area (Å²) in [5.41, 5.74) is 0.650. The Morgan fingerprint density at radius 1 is 1.50 bits per heavy atom. The Labute approximate surface area is 110 Å². The number of benzene rings is 1. The van der Waals surface area contributed by atoms with Gasteiger partial charge in [-0.1, -0.05) is 0 Å². The molecule has 0 heterocycles. The first kappa shape index (κ1) is 10.7. The molecule has 0 aliphatic rings. The molecule has 0 amide bonds. The molecule has 0 aliphatic heterocycles. The van der Waals surface area contributed by atoms with Crippen LogP contribution in [0.2, 0.25) is 0 Å². The Bertz CT molecular complexity index is 206. The average molecular weight is 205 g/mol. The smallest absolute Gasteiger partial charge is 0.352 e. The summed E-state index contributed by atoms with van der Waals surface area (Å²) >= 11 is 0. The van der Waals surface area contributed by atoms with Gasteiger partial charge in [-0.15, -0.1) is 35.9 Å². The first-order chi connectivity index (χ1) is 4.30. The molecule has 46 valence electrons. The molecule has 0 saturated heterocycles. The van der Waals surface area contributed by atoms with Crippen LogP contribution in [0, 0.1) is 6.07 Å². The van der Waals surface area contributed by atoms with Crippen molar-refractivity contribution < 1.29 is 63.0 Å². The topological polar surface area (TPSA) is 17.1 Å². The van der Waals surface area contributed by atoms with Gasteiger partial charge in [0.1, 0.15) is 0 Å². The number of hydrogen-bond acceptors (Lipinski definition) is 1. The van der Waals surface area contributed by atoms with Gasteiger partial charge >= 0.3 is 58.2 Å². The van der Waals surface area contributed by atoms with E-state index in [0.29, 0.717) is 5.56 Å². The minimum absolute atomic E-state index is 0. The zero-order valence-corrected chi connectivity index (χ0v) is 11.1. The molecular formula is C8H7ORb. The summed E-state index contributed by atoms with van der Waals surface area (Å²) in [5, 5.41) is 0. The number of carbonyl (C=O) groups is 1. The molecule has 0 bridgehead atoms. The van der Waals surface area contributed by atoms with Crippen LogP contribution in [0.4, 0.5) is 0 Å². The fourth-order valence-corrected chi connectivity index (χ4v) is 0.612. The third kappa shape index (κ3) is 3.19. The Morgan fingerprint density at radius 2 is 2.20 bits per heavy atom. The second-order valence-corrected chi connectivity index (χ2v) is 1.83. The van der Waals surface area contributed by atoms with E-state index in [-0.39, 0.29) is 64.0 Å². The summed E-state index contributed by atoms with van der Waals surface area (Å²) in [6, 6.07) is 9.97. The van der Waals surface area contributed by atoms with E-state index in [1.165, 1.54) is 6.92 Å². The summed E-state index contributed by atoms with van der Waals surface area (Å²) in [4.78, 5) is 10.6. The fourth-order valence-electron chi connectivity index (χ4n) is 0.612. The largest absolute Gasteiger partial charge is 1.00 e. The van der Waals surface area contributed by atoms with E-state index in [0.717, 1.165) is 0 Å². The maximum Gasteiger partial charge on any atom is 1.00 e. The van der Waals surface area contributed by atoms with Crippen LogP contribution in [-0.4, -0.2) is 5.78 Å². The monoisotopic (exact) mass is 204 g/mol. The van der Waals surface area contributed by atoms with Gasteiger partial charge in [0.15, 0.2) is 0 Å². The van der Waals surface area contributed by atoms with Crippen LogP contribution < -0.4 is 58.2 Å². The molecular weight excluding hydrogens is 198 g/mol. The first-order valence-corrected chi connectivity index (χ1v) is 2.78. The average Bonchev–Trinajstić information content (AvgIpc) is 1.90. The third-order valence-electron chi connectivity index (χ3n) is 1.09. The molecule has 0 aromatic heterocycles. The molecule has 1 aromatic rings. The summed E-state index contributed by atoms with van der Waals surface area (Å²) < 4.78 is 0. The van der Waals surface area contributed by atoms with Crippen molar-refractivity contribution in [3.63, 3.8) is 0 Å². The van der Waals surface area contributed by atoms with Crippen molar-refractivity contribution in [3.8, 4) is 0 Å². The van der Waals surface area contributed by atoms with Crippen molar-refractivity contribution in [2.45, 2.75) is 6.92 Å². The van der Waals surface area contributed by atoms with Gasteiger partial charge in [-0.2, -0.15) is 0 Å². The molecule has 1 rings (SSSR count). The summed E-state index contributed by atoms with van der Waals surface area (Å²) in [6.45, 7) is 1.53. The quantitative estimate of drug-likeness (QED) is 0.410. The Hall–Kier alpha value is 0.695. The molecule has 0 unspecified atom stereocenters. The van der Waals surface area contributed by atoms with Gasteiger partial charge in [-0.25, -0.2) is 0 Å². The Balaban J connectivity index is 0.000000810. The third-order valence-corrected chi connectivity index (χ3v) is 1.09. The van der Waals surface area contributed by atoms with Crippen LogP contribution >= 0.6 is 0 Å². The van der Waals surface area contributed by atoms with E-state index in [4.69, 9.17) is 0 Å². The molecule has 10 heavy (non-hydrogen) atoms. The summed E-state index contributed by atoms with van der Waals surface area (Å²) in [5.74, 6) is 0.0654. The van der Waals surface area contributed by atoms with E-state index < -0.39 is 0 Å². The second kappa shape index (κ2) is 5.36. The summed E-state index contributed by atoms with van der Waals surface area (Å²) in [7, 11) is 0. The number of carbonyl (C=O) groups excluding carboxylic acids is 1. The van der Waals surface area contributed by atoms with E-state index in [1.54, 1.807) is 12.1 Å². The van der Waals surface area contributed by atoms with Crippen LogP contribution in [0.15, 0.2) is 24.3 Å². The van der Waals surface area contributed by atoms with Crippen LogP contribution in [-0.2, 0) is 0 Å². The fraction of sp³-hybridized carbons (Fsp3) is 0.125. The van der Waals surface area contributed by atoms with Crippen LogP contribution in [0.1, 0.15) is 17.3 Å². The van der Waals surface area contributed by atoms with Crippen LogP contribution in [0.3, 0.4) is 0 Å². The van der Waals surface area contributed by atoms with Crippen molar-refractivity contribution in [3.05, 3.63) is 35.9 Å². The molecule has 0 atom stereocenters. The van der Waals surface area contributed by atoms with Crippen molar-refractivity contribution in [1.29, 1.82) is 0 Å². The predicted octanol–water partition coefficient (Wildman–Crippen LogP) is -1.31. The van der Waals surface area contributed by atoms with E-state index in [9.17, 15) is 4.79 Å². The van der Waals surface area contributed by atoms with Gasteiger partial charge in [0.25, 0.3) is 0 Å². The zero-order valence-electron chi connectivity index (χ0n) is 6.22. The van der Waals surface area contributed by atoms with Crippen molar-refractivity contribution >= 4 is 5.78 Å². The Morgan fingerprint density at radius 3 is 2.50 bits per heavy atom. The molecule has 0 aliphatic carbocycles. The maximum atomic E-state index is 10.6. The molecule has 1 aromatic carbocycles. The van der Waals surface area contributed by atoms with Gasteiger partial charge in [0.2, 0.25) is 0 Å². The zero-order chi connectivity index (χ0) is 6.69. The summed E-state index contributed by atoms with van der Waals surface area (Å²) in [6.07, 6.45) is 0. The number of Topliss-reactive ketones (excluding diaryl/α,β-unsaturated/α-hetero) is 1. The van der Waals surface area contributed by atoms with Crippen molar-refractivity contribution in [2.24, 2.45) is 0 Å². The van der Waals surface area contributed by atoms with Gasteiger partial charge in [-0.05, 0) is 6.92 Å². The Kier molecular flexibility index (Phi) is 5.73. The number of hydrogen-bond donors (Lipinski definition) is 0. The van der Waals surface area contributed by atoms with Crippen molar-refractivity contribution in [1.82, 2.24) is 0 Å². The van der Waals surface area contributed by atoms with E-state index >= 15 is 0 Å². The van der Waals surface area contributed by atoms with Crippen LogP contribution in [0.5, 0.6) is 0 Å². The molecule has 0 fully saturated rings. The standard InChI is InChI=1S/C8H7O.Rb/c1-7(9)8-5-3-2-4-6-8;/h2-5H,1H3;/q-1;+1. The minimum atomic E-state index is 0. The van der Waals surface area contributed by atoms with Gasteiger partial charge in [0.05, 0.1) is 5.78 Å².